The van der Waals surface area contributed by atoms with Crippen LogP contribution < -0.4 is 10.6 Å². The minimum Gasteiger partial charge on any atom is -0.353 e. The predicted molar refractivity (Wildman–Crippen MR) is 165 cm³/mol. The number of piperazine rings is 1. The molecule has 0 aromatic heterocycles. The van der Waals surface area contributed by atoms with E-state index in [9.17, 15) is 19.2 Å². The summed E-state index contributed by atoms with van der Waals surface area (Å²) in [5.41, 5.74) is 1.84. The molecule has 1 fully saturated rings. The zero-order valence-corrected chi connectivity index (χ0v) is 24.1. The normalized spacial score (nSPS) is 13.8. The molecule has 0 aliphatic carbocycles. The summed E-state index contributed by atoms with van der Waals surface area (Å²) in [7, 11) is 0. The van der Waals surface area contributed by atoms with E-state index < -0.39 is 6.04 Å². The van der Waals surface area contributed by atoms with Crippen molar-refractivity contribution in [1.29, 1.82) is 0 Å². The number of nitrogens with zero attached hydrogens (tertiary/aromatic N) is 2. The third-order valence-electron chi connectivity index (χ3n) is 7.65. The first-order valence-electron chi connectivity index (χ1n) is 14.8. The van der Waals surface area contributed by atoms with Gasteiger partial charge in [-0.1, -0.05) is 73.3 Å². The Bertz CT molecular complexity index is 1380. The highest BCUT2D eigenvalue weighted by atomic mass is 16.2. The number of hydrogen-bond donors (Lipinski definition) is 2. The van der Waals surface area contributed by atoms with Crippen LogP contribution in [0.15, 0.2) is 85.5 Å². The van der Waals surface area contributed by atoms with Gasteiger partial charge in [0.1, 0.15) is 6.04 Å². The monoisotopic (exact) mass is 568 g/mol. The molecule has 2 N–H and O–H groups in total. The Morgan fingerprint density at radius 2 is 1.50 bits per heavy atom. The fourth-order valence-corrected chi connectivity index (χ4v) is 5.31. The lowest BCUT2D eigenvalue weighted by Gasteiger charge is -2.36. The molecule has 1 heterocycles. The average molecular weight is 569 g/mol. The molecule has 1 aliphatic rings. The summed E-state index contributed by atoms with van der Waals surface area (Å²) in [5, 5.41) is 7.66. The Labute approximate surface area is 247 Å². The summed E-state index contributed by atoms with van der Waals surface area (Å²) < 4.78 is 0. The first kappa shape index (κ1) is 30.5. The van der Waals surface area contributed by atoms with Crippen LogP contribution in [0, 0.1) is 0 Å². The Hall–Kier alpha value is -4.46. The molecule has 1 atom stereocenters. The van der Waals surface area contributed by atoms with Crippen molar-refractivity contribution in [3.8, 4) is 0 Å². The van der Waals surface area contributed by atoms with Crippen LogP contribution >= 0.6 is 0 Å². The third-order valence-corrected chi connectivity index (χ3v) is 7.65. The van der Waals surface area contributed by atoms with Crippen LogP contribution in [0.25, 0.3) is 10.8 Å². The van der Waals surface area contributed by atoms with Crippen molar-refractivity contribution in [3.63, 3.8) is 0 Å². The Morgan fingerprint density at radius 3 is 2.26 bits per heavy atom. The molecule has 42 heavy (non-hydrogen) atoms. The zero-order valence-electron chi connectivity index (χ0n) is 24.1. The van der Waals surface area contributed by atoms with Gasteiger partial charge < -0.3 is 20.4 Å². The molecule has 0 spiro atoms. The molecule has 1 aliphatic heterocycles. The number of benzene rings is 3. The lowest BCUT2D eigenvalue weighted by atomic mass is 10.0. The van der Waals surface area contributed by atoms with Gasteiger partial charge in [0.25, 0.3) is 5.91 Å². The second kappa shape index (κ2) is 15.5. The number of unbranched alkanes of at least 4 members (excludes halogenated alkanes) is 1. The highest BCUT2D eigenvalue weighted by Gasteiger charge is 2.30. The van der Waals surface area contributed by atoms with E-state index in [1.165, 1.54) is 11.6 Å². The number of carbonyl (C=O) groups is 4. The summed E-state index contributed by atoms with van der Waals surface area (Å²) >= 11 is 0. The molecule has 3 aromatic rings. The summed E-state index contributed by atoms with van der Waals surface area (Å²) in [6.45, 7) is 5.60. The maximum atomic E-state index is 13.6. The lowest BCUT2D eigenvalue weighted by molar-refractivity contribution is -0.138. The molecule has 4 rings (SSSR count). The highest BCUT2D eigenvalue weighted by molar-refractivity contribution is 6.07. The van der Waals surface area contributed by atoms with Gasteiger partial charge in [0.15, 0.2) is 0 Å². The number of hydrogen-bond acceptors (Lipinski definition) is 4. The van der Waals surface area contributed by atoms with Crippen molar-refractivity contribution >= 4 is 34.4 Å². The van der Waals surface area contributed by atoms with Crippen LogP contribution in [0.3, 0.4) is 0 Å². The molecule has 0 saturated carbocycles. The molecule has 8 nitrogen and oxygen atoms in total. The fraction of sp³-hybridized carbons (Fsp3) is 0.353. The second-order valence-electron chi connectivity index (χ2n) is 10.6. The molecular weight excluding hydrogens is 528 g/mol. The van der Waals surface area contributed by atoms with Gasteiger partial charge in [-0.3, -0.25) is 19.2 Å². The summed E-state index contributed by atoms with van der Waals surface area (Å²) in [4.78, 5) is 54.8. The Morgan fingerprint density at radius 1 is 0.810 bits per heavy atom. The number of fused-ring (bicyclic) bond motifs is 1. The summed E-state index contributed by atoms with van der Waals surface area (Å²) in [5.74, 6) is -0.540. The lowest BCUT2D eigenvalue weighted by Crippen LogP contribution is -2.55. The largest absolute Gasteiger partial charge is 0.353 e. The van der Waals surface area contributed by atoms with Crippen molar-refractivity contribution in [2.24, 2.45) is 0 Å². The van der Waals surface area contributed by atoms with E-state index in [0.717, 1.165) is 17.2 Å². The van der Waals surface area contributed by atoms with Crippen LogP contribution in [0.1, 0.15) is 48.0 Å². The van der Waals surface area contributed by atoms with Gasteiger partial charge in [-0.25, -0.2) is 0 Å². The standard InChI is InChI=1S/C34H40N4O4/c1-2-31(39)35-21-9-8-19-30(36-32(40)20-10-14-26-12-4-3-5-13-26)34(42)38-24-22-37(23-25-38)33(41)29-18-11-16-27-15-6-7-17-28(27)29/h2-7,11-13,15-18,30H,1,8-10,14,19-25H2,(H,35,39)(H,36,40)/t30-/m0/s1. The van der Waals surface area contributed by atoms with E-state index in [-0.39, 0.29) is 23.6 Å². The second-order valence-corrected chi connectivity index (χ2v) is 10.6. The van der Waals surface area contributed by atoms with Gasteiger partial charge in [0.05, 0.1) is 0 Å². The van der Waals surface area contributed by atoms with Crippen LogP contribution in [0.5, 0.6) is 0 Å². The minimum absolute atomic E-state index is 0.0382. The van der Waals surface area contributed by atoms with Crippen LogP contribution in [-0.4, -0.2) is 72.2 Å². The molecule has 220 valence electrons. The van der Waals surface area contributed by atoms with Gasteiger partial charge in [-0.2, -0.15) is 0 Å². The number of rotatable bonds is 13. The molecule has 0 unspecified atom stereocenters. The van der Waals surface area contributed by atoms with Crippen molar-refractivity contribution in [3.05, 3.63) is 96.6 Å². The van der Waals surface area contributed by atoms with Gasteiger partial charge >= 0.3 is 0 Å². The maximum Gasteiger partial charge on any atom is 0.254 e. The van der Waals surface area contributed by atoms with E-state index >= 15 is 0 Å². The molecule has 8 heteroatoms. The average Bonchev–Trinajstić information content (AvgIpc) is 3.03. The third kappa shape index (κ3) is 8.52. The topological polar surface area (TPSA) is 98.8 Å². The smallest absolute Gasteiger partial charge is 0.254 e. The summed E-state index contributed by atoms with van der Waals surface area (Å²) in [6, 6.07) is 22.9. The quantitative estimate of drug-likeness (QED) is 0.240. The van der Waals surface area contributed by atoms with Gasteiger partial charge in [-0.05, 0) is 60.6 Å². The molecule has 0 radical (unpaired) electrons. The fourth-order valence-electron chi connectivity index (χ4n) is 5.31. The van der Waals surface area contributed by atoms with E-state index in [4.69, 9.17) is 0 Å². The van der Waals surface area contributed by atoms with Crippen molar-refractivity contribution < 1.29 is 19.2 Å². The Balaban J connectivity index is 1.32. The highest BCUT2D eigenvalue weighted by Crippen LogP contribution is 2.21. The van der Waals surface area contributed by atoms with E-state index in [2.05, 4.69) is 17.2 Å². The number of aryl methyl sites for hydroxylation is 1. The number of carbonyl (C=O) groups excluding carboxylic acids is 4. The molecule has 3 aromatic carbocycles. The SMILES string of the molecule is C=CC(=O)NCCCC[C@H](NC(=O)CCCc1ccccc1)C(=O)N1CCN(C(=O)c2cccc3ccccc23)CC1. The number of amides is 4. The van der Waals surface area contributed by atoms with Gasteiger partial charge in [0, 0.05) is 44.7 Å². The number of nitrogens with one attached hydrogen (secondary N) is 2. The van der Waals surface area contributed by atoms with Crippen molar-refractivity contribution in [2.75, 3.05) is 32.7 Å². The molecular formula is C34H40N4O4. The Kier molecular flexibility index (Phi) is 11.3. The molecule has 0 bridgehead atoms. The van der Waals surface area contributed by atoms with Crippen LogP contribution in [0.2, 0.25) is 0 Å². The minimum atomic E-state index is -0.648. The molecule has 4 amide bonds. The summed E-state index contributed by atoms with van der Waals surface area (Å²) in [6.07, 6.45) is 4.87. The first-order valence-corrected chi connectivity index (χ1v) is 14.8. The van der Waals surface area contributed by atoms with E-state index in [1.54, 1.807) is 9.80 Å². The van der Waals surface area contributed by atoms with Crippen LogP contribution in [-0.2, 0) is 20.8 Å². The zero-order chi connectivity index (χ0) is 29.7. The van der Waals surface area contributed by atoms with Gasteiger partial charge in [-0.15, -0.1) is 0 Å². The molecule has 1 saturated heterocycles. The van der Waals surface area contributed by atoms with E-state index in [1.807, 2.05) is 72.8 Å². The van der Waals surface area contributed by atoms with E-state index in [0.29, 0.717) is 70.4 Å². The van der Waals surface area contributed by atoms with Crippen molar-refractivity contribution in [1.82, 2.24) is 20.4 Å². The predicted octanol–water partition coefficient (Wildman–Crippen LogP) is 4.10. The van der Waals surface area contributed by atoms with Crippen LogP contribution in [0.4, 0.5) is 0 Å². The first-order chi connectivity index (χ1) is 20.5. The van der Waals surface area contributed by atoms with Crippen molar-refractivity contribution in [2.45, 2.75) is 44.6 Å². The van der Waals surface area contributed by atoms with Gasteiger partial charge in [0.2, 0.25) is 17.7 Å². The maximum absolute atomic E-state index is 13.6.